The Labute approximate surface area is 233 Å². The third-order valence-corrected chi connectivity index (χ3v) is 8.65. The highest BCUT2D eigenvalue weighted by Crippen LogP contribution is 2.46. The number of aliphatic hydroxyl groups excluding tert-OH is 1. The summed E-state index contributed by atoms with van der Waals surface area (Å²) in [6.07, 6.45) is 5.40. The molecule has 0 radical (unpaired) electrons. The molecule has 4 rings (SSSR count). The average Bonchev–Trinajstić information content (AvgIpc) is 2.84. The fourth-order valence-electron chi connectivity index (χ4n) is 6.27. The van der Waals surface area contributed by atoms with Crippen molar-refractivity contribution in [3.8, 4) is 0 Å². The molecule has 2 atom stereocenters. The number of rotatable bonds is 3. The summed E-state index contributed by atoms with van der Waals surface area (Å²) in [6, 6.07) is 4.55. The largest absolute Gasteiger partial charge is 0.395 e. The number of nitrogens with zero attached hydrogens (tertiary/aromatic N) is 3. The van der Waals surface area contributed by atoms with E-state index in [9.17, 15) is 5.11 Å². The summed E-state index contributed by atoms with van der Waals surface area (Å²) in [5.41, 5.74) is 9.03. The smallest absolute Gasteiger partial charge is 0.178 e. The summed E-state index contributed by atoms with van der Waals surface area (Å²) in [7, 11) is 2.20. The van der Waals surface area contributed by atoms with Gasteiger partial charge >= 0.3 is 0 Å². The zero-order valence-electron chi connectivity index (χ0n) is 25.7. The van der Waals surface area contributed by atoms with Crippen LogP contribution in [-0.4, -0.2) is 47.0 Å². The van der Waals surface area contributed by atoms with E-state index in [-0.39, 0.29) is 17.7 Å². The monoisotopic (exact) mass is 528 g/mol. The van der Waals surface area contributed by atoms with Crippen molar-refractivity contribution in [2.75, 3.05) is 25.1 Å². The molecule has 0 saturated heterocycles. The van der Waals surface area contributed by atoms with Gasteiger partial charge < -0.3 is 14.9 Å². The van der Waals surface area contributed by atoms with Crippen LogP contribution in [0.15, 0.2) is 44.9 Å². The molecular weight excluding hydrogens is 474 g/mol. The van der Waals surface area contributed by atoms with Crippen LogP contribution in [0.4, 0.5) is 11.4 Å². The topological polar surface area (TPSA) is 39.1 Å². The van der Waals surface area contributed by atoms with E-state index in [0.29, 0.717) is 18.4 Å². The second-order valence-electron chi connectivity index (χ2n) is 11.7. The van der Waals surface area contributed by atoms with E-state index in [1.807, 2.05) is 27.7 Å². The number of benzene rings is 1. The molecule has 2 heterocycles. The molecule has 1 aromatic carbocycles. The molecule has 37 heavy (non-hydrogen) atoms. The lowest BCUT2D eigenvalue weighted by Crippen LogP contribution is -2.50. The van der Waals surface area contributed by atoms with Crippen LogP contribution in [0.2, 0.25) is 0 Å². The molecule has 4 nitrogen and oxygen atoms in total. The van der Waals surface area contributed by atoms with Crippen LogP contribution >= 0.6 is 0 Å². The Morgan fingerprint density at radius 1 is 1.00 bits per heavy atom. The van der Waals surface area contributed by atoms with Crippen LogP contribution in [0.25, 0.3) is 0 Å². The van der Waals surface area contributed by atoms with Crippen molar-refractivity contribution in [3.63, 3.8) is 0 Å². The van der Waals surface area contributed by atoms with E-state index < -0.39 is 0 Å². The van der Waals surface area contributed by atoms with Crippen molar-refractivity contribution in [1.82, 2.24) is 4.90 Å². The Balaban J connectivity index is 0.00000115. The number of hydrogen-bond acceptors (Lipinski definition) is 4. The van der Waals surface area contributed by atoms with Gasteiger partial charge in [-0.1, -0.05) is 41.5 Å². The molecule has 0 aromatic heterocycles. The summed E-state index contributed by atoms with van der Waals surface area (Å²) in [5.74, 6) is 1.00. The van der Waals surface area contributed by atoms with Crippen molar-refractivity contribution in [3.05, 3.63) is 40.6 Å². The SMILES string of the molecule is CC.CC.CC1=CC2=C(CC1=Nc1cc3c(cc1[SH2+])N(C)C(C)(C)CC3C)C(C)CC(C)(C)N2CCO. The summed E-state index contributed by atoms with van der Waals surface area (Å²) in [5, 5.41) is 9.70. The summed E-state index contributed by atoms with van der Waals surface area (Å²) in [6.45, 7) is 24.9. The number of hydrogen-bond donors (Lipinski definition) is 1. The van der Waals surface area contributed by atoms with Gasteiger partial charge in [0.1, 0.15) is 5.69 Å². The minimum Gasteiger partial charge on any atom is -0.395 e. The van der Waals surface area contributed by atoms with Crippen LogP contribution in [0.5, 0.6) is 0 Å². The minimum atomic E-state index is 0.0452. The van der Waals surface area contributed by atoms with Gasteiger partial charge in [-0.15, -0.1) is 0 Å². The molecule has 0 spiro atoms. The molecule has 1 aromatic rings. The van der Waals surface area contributed by atoms with Crippen molar-refractivity contribution in [2.45, 2.75) is 117 Å². The molecule has 0 bridgehead atoms. The van der Waals surface area contributed by atoms with Crippen LogP contribution in [0.3, 0.4) is 0 Å². The van der Waals surface area contributed by atoms with E-state index in [2.05, 4.69) is 96.2 Å². The third-order valence-electron chi connectivity index (χ3n) is 8.25. The van der Waals surface area contributed by atoms with E-state index in [1.54, 1.807) is 0 Å². The highest BCUT2D eigenvalue weighted by molar-refractivity contribution is 7.59. The van der Waals surface area contributed by atoms with Gasteiger partial charge in [0, 0.05) is 54.3 Å². The van der Waals surface area contributed by atoms with Crippen molar-refractivity contribution >= 4 is 29.7 Å². The number of aliphatic hydroxyl groups is 1. The summed E-state index contributed by atoms with van der Waals surface area (Å²) < 4.78 is 0. The van der Waals surface area contributed by atoms with Gasteiger partial charge in [0.05, 0.1) is 6.61 Å². The Morgan fingerprint density at radius 2 is 1.59 bits per heavy atom. The van der Waals surface area contributed by atoms with E-state index in [1.165, 1.54) is 28.1 Å². The highest BCUT2D eigenvalue weighted by Gasteiger charge is 2.39. The number of fused-ring (bicyclic) bond motifs is 1. The molecular formula is C32H54N3OS+. The molecule has 2 unspecified atom stereocenters. The first-order valence-electron chi connectivity index (χ1n) is 14.4. The predicted molar refractivity (Wildman–Crippen MR) is 167 cm³/mol. The maximum absolute atomic E-state index is 9.70. The molecule has 2 aliphatic heterocycles. The van der Waals surface area contributed by atoms with Crippen LogP contribution < -0.4 is 4.90 Å². The molecule has 0 amide bonds. The lowest BCUT2D eigenvalue weighted by Gasteiger charge is -2.49. The number of anilines is 1. The Kier molecular flexibility index (Phi) is 10.6. The highest BCUT2D eigenvalue weighted by atomic mass is 32.1. The lowest BCUT2D eigenvalue weighted by atomic mass is 9.75. The van der Waals surface area contributed by atoms with E-state index in [4.69, 9.17) is 4.99 Å². The maximum Gasteiger partial charge on any atom is 0.178 e. The Hall–Kier alpha value is -1.72. The van der Waals surface area contributed by atoms with E-state index in [0.717, 1.165) is 35.6 Å². The first-order valence-corrected chi connectivity index (χ1v) is 14.9. The number of β-amino-alcohol motifs (C(OH)–C–C–N with tert-alkyl or cyclic N) is 1. The first-order chi connectivity index (χ1) is 17.4. The van der Waals surface area contributed by atoms with Crippen LogP contribution in [-0.2, 0) is 12.6 Å². The van der Waals surface area contributed by atoms with Gasteiger partial charge in [-0.05, 0) is 101 Å². The van der Waals surface area contributed by atoms with Crippen molar-refractivity contribution in [1.29, 1.82) is 0 Å². The Morgan fingerprint density at radius 3 is 2.19 bits per heavy atom. The molecule has 0 fully saturated rings. The minimum absolute atomic E-state index is 0.0452. The molecule has 5 heteroatoms. The summed E-state index contributed by atoms with van der Waals surface area (Å²) in [4.78, 5) is 11.1. The average molecular weight is 529 g/mol. The second-order valence-corrected chi connectivity index (χ2v) is 12.2. The molecule has 0 saturated carbocycles. The van der Waals surface area contributed by atoms with Crippen LogP contribution in [0.1, 0.15) is 107 Å². The number of allylic oxidation sites excluding steroid dienone is 3. The van der Waals surface area contributed by atoms with Gasteiger partial charge in [-0.2, -0.15) is 0 Å². The standard InChI is InChI=1S/C28H41N3OS.2C2H6/c1-17-11-25-21(19(3)16-28(6,7)31(25)9-10-32)12-22(17)29-23-13-20-18(2)15-27(4,5)30(8)24(20)14-26(23)33;2*1-2/h11,13-14,18-19,32-33H,9-10,12,15-16H2,1-8H3;2*1-2H3/p+1. The normalized spacial score (nSPS) is 24.8. The summed E-state index contributed by atoms with van der Waals surface area (Å²) >= 11 is 3.89. The van der Waals surface area contributed by atoms with Gasteiger partial charge in [-0.3, -0.25) is 0 Å². The third kappa shape index (κ3) is 6.30. The van der Waals surface area contributed by atoms with Gasteiger partial charge in [-0.25, -0.2) is 4.99 Å². The van der Waals surface area contributed by atoms with Gasteiger partial charge in [0.2, 0.25) is 0 Å². The van der Waals surface area contributed by atoms with Gasteiger partial charge in [0.15, 0.2) is 4.90 Å². The molecule has 1 N–H and O–H groups in total. The second kappa shape index (κ2) is 12.4. The fraction of sp³-hybridized carbons (Fsp3) is 0.656. The molecule has 1 aliphatic carbocycles. The predicted octanol–water partition coefficient (Wildman–Crippen LogP) is 7.62. The maximum atomic E-state index is 9.70. The fourth-order valence-corrected chi connectivity index (χ4v) is 6.53. The zero-order valence-corrected chi connectivity index (χ0v) is 26.7. The lowest BCUT2D eigenvalue weighted by molar-refractivity contribution is 0.0994. The molecule has 208 valence electrons. The zero-order chi connectivity index (χ0) is 28.3. The first kappa shape index (κ1) is 31.5. The van der Waals surface area contributed by atoms with Gasteiger partial charge in [0.25, 0.3) is 0 Å². The van der Waals surface area contributed by atoms with Crippen molar-refractivity contribution in [2.24, 2.45) is 10.9 Å². The van der Waals surface area contributed by atoms with Crippen LogP contribution in [0, 0.1) is 5.92 Å². The number of aliphatic imine (C=N–C) groups is 1. The Bertz CT molecular complexity index is 1050. The van der Waals surface area contributed by atoms with Crippen molar-refractivity contribution < 1.29 is 5.11 Å². The van der Waals surface area contributed by atoms with E-state index >= 15 is 0 Å². The molecule has 3 aliphatic rings. The quantitative estimate of drug-likeness (QED) is 0.410.